The van der Waals surface area contributed by atoms with E-state index < -0.39 is 8.07 Å². The number of rotatable bonds is 1. The molecular formula is C15H15ClOSi. The van der Waals surface area contributed by atoms with Crippen molar-refractivity contribution in [2.75, 3.05) is 7.11 Å². The van der Waals surface area contributed by atoms with Gasteiger partial charge >= 0.3 is 0 Å². The first-order valence-electron chi connectivity index (χ1n) is 6.03. The number of halogens is 1. The predicted octanol–water partition coefficient (Wildman–Crippen LogP) is 3.15. The molecule has 0 amide bonds. The molecule has 0 fully saturated rings. The normalized spacial score (nSPS) is 15.1. The predicted molar refractivity (Wildman–Crippen MR) is 80.2 cm³/mol. The third kappa shape index (κ3) is 1.46. The number of methoxy groups -OCH3 is 1. The average Bonchev–Trinajstić information content (AvgIpc) is 2.59. The second-order valence-corrected chi connectivity index (χ2v) is 9.93. The summed E-state index contributed by atoms with van der Waals surface area (Å²) in [5, 5.41) is 3.71. The first-order chi connectivity index (χ1) is 8.55. The van der Waals surface area contributed by atoms with E-state index in [9.17, 15) is 0 Å². The van der Waals surface area contributed by atoms with Crippen LogP contribution in [0.1, 0.15) is 0 Å². The van der Waals surface area contributed by atoms with Gasteiger partial charge in [-0.1, -0.05) is 42.9 Å². The molecular weight excluding hydrogens is 260 g/mol. The molecule has 1 aliphatic heterocycles. The van der Waals surface area contributed by atoms with Crippen molar-refractivity contribution in [2.24, 2.45) is 0 Å². The van der Waals surface area contributed by atoms with Gasteiger partial charge in [0.1, 0.15) is 13.8 Å². The fourth-order valence-electron chi connectivity index (χ4n) is 2.85. The zero-order chi connectivity index (χ0) is 12.9. The highest BCUT2D eigenvalue weighted by Gasteiger charge is 2.38. The zero-order valence-corrected chi connectivity index (χ0v) is 12.5. The summed E-state index contributed by atoms with van der Waals surface area (Å²) in [6, 6.07) is 12.6. The molecule has 0 saturated carbocycles. The van der Waals surface area contributed by atoms with E-state index in [1.54, 1.807) is 7.11 Å². The lowest BCUT2D eigenvalue weighted by Crippen LogP contribution is -2.49. The third-order valence-electron chi connectivity index (χ3n) is 3.86. The van der Waals surface area contributed by atoms with Crippen molar-refractivity contribution in [1.29, 1.82) is 0 Å². The Morgan fingerprint density at radius 3 is 2.56 bits per heavy atom. The lowest BCUT2D eigenvalue weighted by atomic mass is 10.1. The molecule has 1 nitrogen and oxygen atoms in total. The van der Waals surface area contributed by atoms with Crippen molar-refractivity contribution in [2.45, 2.75) is 13.1 Å². The van der Waals surface area contributed by atoms with Gasteiger partial charge in [0.15, 0.2) is 0 Å². The van der Waals surface area contributed by atoms with Gasteiger partial charge in [0.05, 0.1) is 7.11 Å². The molecule has 2 aromatic rings. The van der Waals surface area contributed by atoms with Gasteiger partial charge in [0, 0.05) is 5.02 Å². The Hall–Kier alpha value is -1.25. The molecule has 18 heavy (non-hydrogen) atoms. The molecule has 0 aliphatic carbocycles. The van der Waals surface area contributed by atoms with Crippen LogP contribution in [0.5, 0.6) is 5.75 Å². The van der Waals surface area contributed by atoms with Gasteiger partial charge in [-0.15, -0.1) is 0 Å². The fourth-order valence-corrected chi connectivity index (χ4v) is 6.29. The number of ether oxygens (including phenoxy) is 1. The summed E-state index contributed by atoms with van der Waals surface area (Å²) in [5.74, 6) is 0.929. The van der Waals surface area contributed by atoms with Gasteiger partial charge in [0.2, 0.25) is 0 Å². The summed E-state index contributed by atoms with van der Waals surface area (Å²) >= 11 is 6.39. The van der Waals surface area contributed by atoms with Gasteiger partial charge in [-0.25, -0.2) is 0 Å². The first kappa shape index (κ1) is 11.8. The Bertz CT molecular complexity index is 634. The minimum atomic E-state index is -1.62. The lowest BCUT2D eigenvalue weighted by Gasteiger charge is -2.19. The number of fused-ring (bicyclic) bond motifs is 3. The molecule has 1 heterocycles. The van der Waals surface area contributed by atoms with E-state index in [-0.39, 0.29) is 0 Å². The number of hydrogen-bond acceptors (Lipinski definition) is 1. The van der Waals surface area contributed by atoms with E-state index in [0.29, 0.717) is 0 Å². The Labute approximate surface area is 113 Å². The standard InChI is InChI=1S/C15H15ClOSi/c1-17-10-7-8-11-14(9-10)18(2,3)13-6-4-5-12(16)15(11)13/h4-9H,1-3H3. The largest absolute Gasteiger partial charge is 0.497 e. The van der Waals surface area contributed by atoms with E-state index >= 15 is 0 Å². The average molecular weight is 275 g/mol. The Morgan fingerprint density at radius 1 is 1.06 bits per heavy atom. The summed E-state index contributed by atoms with van der Waals surface area (Å²) in [5.41, 5.74) is 2.52. The molecule has 3 rings (SSSR count). The van der Waals surface area contributed by atoms with Crippen LogP contribution in [0.15, 0.2) is 36.4 Å². The van der Waals surface area contributed by atoms with Crippen LogP contribution in [0.3, 0.4) is 0 Å². The maximum atomic E-state index is 6.39. The van der Waals surface area contributed by atoms with E-state index in [1.165, 1.54) is 21.5 Å². The summed E-state index contributed by atoms with van der Waals surface area (Å²) in [4.78, 5) is 0. The van der Waals surface area contributed by atoms with Crippen LogP contribution in [0.25, 0.3) is 11.1 Å². The molecule has 92 valence electrons. The van der Waals surface area contributed by atoms with Crippen molar-refractivity contribution in [1.82, 2.24) is 0 Å². The quantitative estimate of drug-likeness (QED) is 0.726. The Balaban J connectivity index is 2.36. The molecule has 0 bridgehead atoms. The van der Waals surface area contributed by atoms with Crippen molar-refractivity contribution in [3.05, 3.63) is 41.4 Å². The van der Waals surface area contributed by atoms with Crippen LogP contribution < -0.4 is 15.1 Å². The van der Waals surface area contributed by atoms with Crippen molar-refractivity contribution >= 4 is 30.0 Å². The van der Waals surface area contributed by atoms with E-state index in [4.69, 9.17) is 16.3 Å². The van der Waals surface area contributed by atoms with E-state index in [1.807, 2.05) is 12.1 Å². The summed E-state index contributed by atoms with van der Waals surface area (Å²) in [6.07, 6.45) is 0. The Kier molecular flexibility index (Phi) is 2.54. The van der Waals surface area contributed by atoms with Crippen LogP contribution in [0.2, 0.25) is 18.1 Å². The molecule has 3 heteroatoms. The molecule has 0 saturated heterocycles. The van der Waals surface area contributed by atoms with Crippen LogP contribution in [-0.4, -0.2) is 15.2 Å². The molecule has 0 unspecified atom stereocenters. The topological polar surface area (TPSA) is 9.23 Å². The molecule has 2 aromatic carbocycles. The minimum Gasteiger partial charge on any atom is -0.497 e. The molecule has 0 N–H and O–H groups in total. The monoisotopic (exact) mass is 274 g/mol. The second kappa shape index (κ2) is 3.87. The second-order valence-electron chi connectivity index (χ2n) is 5.20. The van der Waals surface area contributed by atoms with Crippen molar-refractivity contribution < 1.29 is 4.74 Å². The van der Waals surface area contributed by atoms with E-state index in [2.05, 4.69) is 37.4 Å². The highest BCUT2D eigenvalue weighted by Crippen LogP contribution is 2.34. The van der Waals surface area contributed by atoms with Gasteiger partial charge in [0.25, 0.3) is 0 Å². The van der Waals surface area contributed by atoms with E-state index in [0.717, 1.165) is 10.8 Å². The summed E-state index contributed by atoms with van der Waals surface area (Å²) in [6.45, 7) is 4.74. The highest BCUT2D eigenvalue weighted by atomic mass is 35.5. The third-order valence-corrected chi connectivity index (χ3v) is 7.70. The molecule has 0 atom stereocenters. The lowest BCUT2D eigenvalue weighted by molar-refractivity contribution is 0.415. The summed E-state index contributed by atoms with van der Waals surface area (Å²) in [7, 11) is 0.0887. The molecule has 0 spiro atoms. The number of hydrogen-bond donors (Lipinski definition) is 0. The minimum absolute atomic E-state index is 0.858. The van der Waals surface area contributed by atoms with Gasteiger partial charge < -0.3 is 4.74 Å². The van der Waals surface area contributed by atoms with Gasteiger partial charge in [-0.05, 0) is 39.7 Å². The van der Waals surface area contributed by atoms with Crippen LogP contribution in [0.4, 0.5) is 0 Å². The molecule has 1 aliphatic rings. The summed E-state index contributed by atoms with van der Waals surface area (Å²) < 4.78 is 5.35. The van der Waals surface area contributed by atoms with Crippen LogP contribution in [-0.2, 0) is 0 Å². The zero-order valence-electron chi connectivity index (χ0n) is 10.8. The van der Waals surface area contributed by atoms with Crippen molar-refractivity contribution in [3.8, 4) is 16.9 Å². The molecule has 0 aromatic heterocycles. The maximum Gasteiger partial charge on any atom is 0.118 e. The maximum absolute atomic E-state index is 6.39. The first-order valence-corrected chi connectivity index (χ1v) is 9.41. The number of benzene rings is 2. The van der Waals surface area contributed by atoms with Gasteiger partial charge in [-0.2, -0.15) is 0 Å². The van der Waals surface area contributed by atoms with Crippen LogP contribution in [0, 0.1) is 0 Å². The SMILES string of the molecule is COc1ccc2c(c1)[Si](C)(C)c1cccc(Cl)c1-2. The van der Waals surface area contributed by atoms with Gasteiger partial charge in [-0.3, -0.25) is 0 Å². The van der Waals surface area contributed by atoms with Crippen LogP contribution >= 0.6 is 11.6 Å². The Morgan fingerprint density at radius 2 is 1.83 bits per heavy atom. The fraction of sp³-hybridized carbons (Fsp3) is 0.200. The smallest absolute Gasteiger partial charge is 0.118 e. The highest BCUT2D eigenvalue weighted by molar-refractivity contribution is 7.04. The van der Waals surface area contributed by atoms with Crippen molar-refractivity contribution in [3.63, 3.8) is 0 Å². The molecule has 0 radical (unpaired) electrons.